The molecule has 2 aromatic rings. The van der Waals surface area contributed by atoms with Gasteiger partial charge in [-0.2, -0.15) is 0 Å². The van der Waals surface area contributed by atoms with Crippen molar-refractivity contribution in [3.63, 3.8) is 0 Å². The minimum absolute atomic E-state index is 0.391. The zero-order valence-corrected chi connectivity index (χ0v) is 11.0. The highest BCUT2D eigenvalue weighted by Gasteiger charge is 2.06. The van der Waals surface area contributed by atoms with Crippen LogP contribution in [0.2, 0.25) is 0 Å². The van der Waals surface area contributed by atoms with E-state index in [0.29, 0.717) is 5.75 Å². The Hall–Kier alpha value is 0.440. The molecule has 4 heteroatoms. The lowest BCUT2D eigenvalue weighted by Gasteiger charge is -1.96. The van der Waals surface area contributed by atoms with Crippen molar-refractivity contribution in [1.82, 2.24) is 0 Å². The molecule has 0 atom stereocenters. The Bertz CT molecular complexity index is 436. The van der Waals surface area contributed by atoms with Crippen LogP contribution in [0.1, 0.15) is 0 Å². The summed E-state index contributed by atoms with van der Waals surface area (Å²) in [6, 6.07) is 3.88. The Balaban J connectivity index is 2.93. The molecule has 1 aromatic heterocycles. The summed E-state index contributed by atoms with van der Waals surface area (Å²) in [7, 11) is 0. The van der Waals surface area contributed by atoms with Crippen LogP contribution in [0.25, 0.3) is 10.1 Å². The number of fused-ring (bicyclic) bond motifs is 1. The van der Waals surface area contributed by atoms with E-state index >= 15 is 0 Å². The largest absolute Gasteiger partial charge is 0.507 e. The third-order valence-corrected chi connectivity index (χ3v) is 4.40. The van der Waals surface area contributed by atoms with Crippen LogP contribution < -0.4 is 0 Å². The average Bonchev–Trinajstić information content (AvgIpc) is 2.31. The highest BCUT2D eigenvalue weighted by molar-refractivity contribution is 14.1. The van der Waals surface area contributed by atoms with E-state index in [4.69, 9.17) is 0 Å². The number of thiophene rings is 1. The molecule has 1 aromatic carbocycles. The number of hydrogen-bond acceptors (Lipinski definition) is 2. The minimum Gasteiger partial charge on any atom is -0.507 e. The van der Waals surface area contributed by atoms with Crippen LogP contribution >= 0.6 is 56.5 Å². The first kappa shape index (κ1) is 9.01. The van der Waals surface area contributed by atoms with Crippen molar-refractivity contribution in [3.8, 4) is 5.75 Å². The number of phenols is 1. The maximum Gasteiger partial charge on any atom is 0.126 e. The van der Waals surface area contributed by atoms with Crippen molar-refractivity contribution in [2.45, 2.75) is 0 Å². The highest BCUT2D eigenvalue weighted by atomic mass is 127. The summed E-state index contributed by atoms with van der Waals surface area (Å²) in [6.07, 6.45) is 0. The van der Waals surface area contributed by atoms with Gasteiger partial charge >= 0.3 is 0 Å². The Morgan fingerprint density at radius 1 is 1.25 bits per heavy atom. The summed E-state index contributed by atoms with van der Waals surface area (Å²) in [5.41, 5.74) is 0. The van der Waals surface area contributed by atoms with Gasteiger partial charge in [-0.25, -0.2) is 0 Å². The van der Waals surface area contributed by atoms with Gasteiger partial charge in [-0.05, 0) is 57.3 Å². The van der Waals surface area contributed by atoms with E-state index in [1.54, 1.807) is 17.4 Å². The third-order valence-electron chi connectivity index (χ3n) is 1.57. The standard InChI is InChI=1S/C8H4I2OS/c9-4-1-6(11)8-5(10)3-12-7(8)2-4/h1-3,11H. The molecule has 0 aliphatic heterocycles. The van der Waals surface area contributed by atoms with Crippen LogP contribution in [0.5, 0.6) is 5.75 Å². The molecule has 12 heavy (non-hydrogen) atoms. The molecule has 0 saturated heterocycles. The van der Waals surface area contributed by atoms with Crippen LogP contribution in [0, 0.1) is 7.14 Å². The van der Waals surface area contributed by atoms with Crippen molar-refractivity contribution in [3.05, 3.63) is 24.7 Å². The first-order valence-corrected chi connectivity index (χ1v) is 6.27. The lowest BCUT2D eigenvalue weighted by Crippen LogP contribution is -1.73. The third kappa shape index (κ3) is 1.44. The van der Waals surface area contributed by atoms with E-state index in [1.165, 1.54) is 0 Å². The fourth-order valence-corrected chi connectivity index (χ4v) is 3.90. The molecule has 0 radical (unpaired) electrons. The Kier molecular flexibility index (Phi) is 2.48. The second-order valence-electron chi connectivity index (χ2n) is 2.38. The smallest absolute Gasteiger partial charge is 0.126 e. The zero-order chi connectivity index (χ0) is 8.72. The monoisotopic (exact) mass is 402 g/mol. The van der Waals surface area contributed by atoms with E-state index in [-0.39, 0.29) is 0 Å². The molecule has 0 fully saturated rings. The van der Waals surface area contributed by atoms with Gasteiger partial charge in [0.25, 0.3) is 0 Å². The predicted molar refractivity (Wildman–Crippen MR) is 68.9 cm³/mol. The molecule has 0 amide bonds. The first-order chi connectivity index (χ1) is 5.68. The summed E-state index contributed by atoms with van der Waals surface area (Å²) < 4.78 is 3.36. The number of benzene rings is 1. The van der Waals surface area contributed by atoms with E-state index in [9.17, 15) is 5.11 Å². The highest BCUT2D eigenvalue weighted by Crippen LogP contribution is 2.35. The number of hydrogen-bond donors (Lipinski definition) is 1. The molecule has 1 N–H and O–H groups in total. The SMILES string of the molecule is Oc1cc(I)cc2scc(I)c12. The molecule has 1 nitrogen and oxygen atoms in total. The van der Waals surface area contributed by atoms with Crippen molar-refractivity contribution >= 4 is 66.6 Å². The average molecular weight is 402 g/mol. The number of halogens is 2. The first-order valence-electron chi connectivity index (χ1n) is 3.23. The van der Waals surface area contributed by atoms with Crippen molar-refractivity contribution < 1.29 is 5.11 Å². The van der Waals surface area contributed by atoms with Crippen LogP contribution in [0.4, 0.5) is 0 Å². The van der Waals surface area contributed by atoms with Crippen molar-refractivity contribution in [2.24, 2.45) is 0 Å². The van der Waals surface area contributed by atoms with Gasteiger partial charge < -0.3 is 5.11 Å². The molecule has 2 rings (SSSR count). The molecule has 62 valence electrons. The maximum absolute atomic E-state index is 9.62. The molecule has 1 heterocycles. The lowest BCUT2D eigenvalue weighted by atomic mass is 10.2. The second kappa shape index (κ2) is 3.30. The molecule has 0 aliphatic rings. The maximum atomic E-state index is 9.62. The predicted octanol–water partition coefficient (Wildman–Crippen LogP) is 3.82. The minimum atomic E-state index is 0.391. The Morgan fingerprint density at radius 2 is 2.00 bits per heavy atom. The normalized spacial score (nSPS) is 10.8. The topological polar surface area (TPSA) is 20.2 Å². The van der Waals surface area contributed by atoms with Gasteiger partial charge in [-0.3, -0.25) is 0 Å². The Labute approximate surface area is 101 Å². The van der Waals surface area contributed by atoms with Gasteiger partial charge in [0.1, 0.15) is 5.75 Å². The molecule has 0 spiro atoms. The molecule has 0 aliphatic carbocycles. The summed E-state index contributed by atoms with van der Waals surface area (Å²) in [5, 5.41) is 12.7. The van der Waals surface area contributed by atoms with Crippen LogP contribution in [0.3, 0.4) is 0 Å². The lowest BCUT2D eigenvalue weighted by molar-refractivity contribution is 0.481. The van der Waals surface area contributed by atoms with Gasteiger partial charge in [0.05, 0.1) is 0 Å². The van der Waals surface area contributed by atoms with Gasteiger partial charge in [0.2, 0.25) is 0 Å². The molecule has 0 bridgehead atoms. The van der Waals surface area contributed by atoms with Crippen LogP contribution in [0.15, 0.2) is 17.5 Å². The van der Waals surface area contributed by atoms with E-state index in [0.717, 1.165) is 17.2 Å². The number of rotatable bonds is 0. The molecule has 0 saturated carbocycles. The van der Waals surface area contributed by atoms with E-state index in [1.807, 2.05) is 0 Å². The Morgan fingerprint density at radius 3 is 2.75 bits per heavy atom. The van der Waals surface area contributed by atoms with Crippen LogP contribution in [-0.2, 0) is 0 Å². The molecule has 0 unspecified atom stereocenters. The van der Waals surface area contributed by atoms with Gasteiger partial charge in [0, 0.05) is 22.6 Å². The van der Waals surface area contributed by atoms with E-state index < -0.39 is 0 Å². The van der Waals surface area contributed by atoms with Gasteiger partial charge in [-0.1, -0.05) is 0 Å². The van der Waals surface area contributed by atoms with Crippen LogP contribution in [-0.4, -0.2) is 5.11 Å². The molecular formula is C8H4I2OS. The summed E-state index contributed by atoms with van der Waals surface area (Å²) >= 11 is 6.12. The zero-order valence-electron chi connectivity index (χ0n) is 5.84. The van der Waals surface area contributed by atoms with Gasteiger partial charge in [-0.15, -0.1) is 11.3 Å². The quantitative estimate of drug-likeness (QED) is 0.665. The molecular weight excluding hydrogens is 398 g/mol. The summed E-state index contributed by atoms with van der Waals surface area (Å²) in [5.74, 6) is 0.391. The fourth-order valence-electron chi connectivity index (χ4n) is 1.08. The summed E-state index contributed by atoms with van der Waals surface area (Å²) in [4.78, 5) is 0. The fraction of sp³-hybridized carbons (Fsp3) is 0. The van der Waals surface area contributed by atoms with Crippen molar-refractivity contribution in [2.75, 3.05) is 0 Å². The van der Waals surface area contributed by atoms with Crippen molar-refractivity contribution in [1.29, 1.82) is 0 Å². The van der Waals surface area contributed by atoms with E-state index in [2.05, 4.69) is 56.6 Å². The second-order valence-corrected chi connectivity index (χ2v) is 5.70. The number of phenolic OH excluding ortho intramolecular Hbond substituents is 1. The number of aromatic hydroxyl groups is 1. The van der Waals surface area contributed by atoms with Gasteiger partial charge in [0.15, 0.2) is 0 Å². The summed E-state index contributed by atoms with van der Waals surface area (Å²) in [6.45, 7) is 0.